The molecule has 2 aromatic carbocycles. The Hall–Kier alpha value is -1.86. The zero-order valence-electron chi connectivity index (χ0n) is 9.36. The monoisotopic (exact) mass is 305 g/mol. The quantitative estimate of drug-likeness (QED) is 0.857. The van der Waals surface area contributed by atoms with Gasteiger partial charge in [-0.05, 0) is 30.3 Å². The van der Waals surface area contributed by atoms with Crippen molar-refractivity contribution in [3.05, 3.63) is 63.9 Å². The lowest BCUT2D eigenvalue weighted by Gasteiger charge is -2.08. The first-order valence-electron chi connectivity index (χ1n) is 5.26. The summed E-state index contributed by atoms with van der Waals surface area (Å²) in [4.78, 5) is 0. The predicted octanol–water partition coefficient (Wildman–Crippen LogP) is 4.04. The molecule has 2 aromatic rings. The van der Waals surface area contributed by atoms with Crippen molar-refractivity contribution >= 4 is 15.9 Å². The lowest BCUT2D eigenvalue weighted by atomic mass is 10.2. The molecule has 18 heavy (non-hydrogen) atoms. The molecule has 0 aliphatic rings. The molecule has 0 bridgehead atoms. The number of hydrogen-bond donors (Lipinski definition) is 0. The lowest BCUT2D eigenvalue weighted by molar-refractivity contribution is 0.299. The van der Waals surface area contributed by atoms with Crippen molar-refractivity contribution in [2.75, 3.05) is 0 Å². The summed E-state index contributed by atoms with van der Waals surface area (Å²) in [7, 11) is 0. The van der Waals surface area contributed by atoms with E-state index >= 15 is 0 Å². The van der Waals surface area contributed by atoms with Crippen LogP contribution in [0, 0.1) is 17.1 Å². The van der Waals surface area contributed by atoms with Gasteiger partial charge in [0, 0.05) is 10.0 Å². The zero-order chi connectivity index (χ0) is 13.0. The highest BCUT2D eigenvalue weighted by atomic mass is 79.9. The maximum atomic E-state index is 13.5. The molecule has 0 heterocycles. The van der Waals surface area contributed by atoms with Gasteiger partial charge in [-0.1, -0.05) is 28.1 Å². The molecule has 0 saturated carbocycles. The highest BCUT2D eigenvalue weighted by molar-refractivity contribution is 9.10. The highest BCUT2D eigenvalue weighted by Crippen LogP contribution is 2.20. The second-order valence-corrected chi connectivity index (χ2v) is 4.55. The van der Waals surface area contributed by atoms with E-state index in [4.69, 9.17) is 10.00 Å². The van der Waals surface area contributed by atoms with Crippen LogP contribution in [0.5, 0.6) is 5.75 Å². The molecule has 90 valence electrons. The van der Waals surface area contributed by atoms with Crippen molar-refractivity contribution in [3.63, 3.8) is 0 Å². The molecule has 0 N–H and O–H groups in total. The van der Waals surface area contributed by atoms with Crippen molar-refractivity contribution in [1.82, 2.24) is 0 Å². The average Bonchev–Trinajstić information content (AvgIpc) is 2.40. The maximum absolute atomic E-state index is 13.5. The summed E-state index contributed by atoms with van der Waals surface area (Å²) in [5.41, 5.74) is 0.880. The van der Waals surface area contributed by atoms with Gasteiger partial charge < -0.3 is 4.74 Å². The number of para-hydroxylation sites is 1. The Morgan fingerprint density at radius 2 is 2.00 bits per heavy atom. The van der Waals surface area contributed by atoms with Gasteiger partial charge in [0.05, 0.1) is 5.56 Å². The zero-order valence-corrected chi connectivity index (χ0v) is 10.9. The van der Waals surface area contributed by atoms with E-state index in [1.807, 2.05) is 6.07 Å². The molecule has 4 heteroatoms. The first-order valence-corrected chi connectivity index (χ1v) is 6.06. The Kier molecular flexibility index (Phi) is 3.96. The summed E-state index contributed by atoms with van der Waals surface area (Å²) in [5.74, 6) is 0.131. The maximum Gasteiger partial charge on any atom is 0.137 e. The van der Waals surface area contributed by atoms with E-state index in [1.54, 1.807) is 36.4 Å². The van der Waals surface area contributed by atoms with Crippen LogP contribution in [0.15, 0.2) is 46.9 Å². The minimum atomic E-state index is -0.326. The van der Waals surface area contributed by atoms with Gasteiger partial charge in [0.1, 0.15) is 24.2 Å². The molecule has 2 rings (SSSR count). The number of rotatable bonds is 3. The Bertz CT molecular complexity index is 607. The number of hydrogen-bond acceptors (Lipinski definition) is 2. The van der Waals surface area contributed by atoms with Gasteiger partial charge in [-0.3, -0.25) is 0 Å². The highest BCUT2D eigenvalue weighted by Gasteiger charge is 2.06. The molecular formula is C14H9BrFNO. The third kappa shape index (κ3) is 2.88. The van der Waals surface area contributed by atoms with Crippen molar-refractivity contribution in [1.29, 1.82) is 5.26 Å². The van der Waals surface area contributed by atoms with Crippen LogP contribution in [0.2, 0.25) is 0 Å². The number of nitrogens with zero attached hydrogens (tertiary/aromatic N) is 1. The van der Waals surface area contributed by atoms with E-state index in [1.165, 1.54) is 6.07 Å². The molecule has 0 aromatic heterocycles. The largest absolute Gasteiger partial charge is 0.487 e. The van der Waals surface area contributed by atoms with Gasteiger partial charge >= 0.3 is 0 Å². The Morgan fingerprint density at radius 3 is 2.78 bits per heavy atom. The summed E-state index contributed by atoms with van der Waals surface area (Å²) in [6.45, 7) is 0.0873. The first-order chi connectivity index (χ1) is 8.70. The van der Waals surface area contributed by atoms with E-state index in [0.29, 0.717) is 16.9 Å². The second kappa shape index (κ2) is 5.65. The third-order valence-electron chi connectivity index (χ3n) is 2.40. The Balaban J connectivity index is 2.17. The lowest BCUT2D eigenvalue weighted by Crippen LogP contribution is -1.99. The van der Waals surface area contributed by atoms with Crippen LogP contribution < -0.4 is 4.74 Å². The van der Waals surface area contributed by atoms with Crippen LogP contribution in [0.3, 0.4) is 0 Å². The normalized spacial score (nSPS) is 9.83. The Labute approximate surface area is 113 Å². The molecule has 0 spiro atoms. The van der Waals surface area contributed by atoms with Gasteiger partial charge in [-0.2, -0.15) is 5.26 Å². The third-order valence-corrected chi connectivity index (χ3v) is 2.89. The van der Waals surface area contributed by atoms with Crippen LogP contribution in [0.1, 0.15) is 11.1 Å². The fourth-order valence-corrected chi connectivity index (χ4v) is 1.90. The number of halogens is 2. The number of benzene rings is 2. The standard InChI is InChI=1S/C14H9BrFNO/c15-12-5-6-13(16)11(7-12)9-18-14-4-2-1-3-10(14)8-17/h1-7H,9H2. The van der Waals surface area contributed by atoms with Crippen LogP contribution >= 0.6 is 15.9 Å². The molecule has 0 atom stereocenters. The molecule has 0 amide bonds. The van der Waals surface area contributed by atoms with Gasteiger partial charge in [-0.15, -0.1) is 0 Å². The van der Waals surface area contributed by atoms with Gasteiger partial charge in [0.2, 0.25) is 0 Å². The Morgan fingerprint density at radius 1 is 1.22 bits per heavy atom. The van der Waals surface area contributed by atoms with E-state index in [2.05, 4.69) is 15.9 Å². The van der Waals surface area contributed by atoms with Gasteiger partial charge in [-0.25, -0.2) is 4.39 Å². The second-order valence-electron chi connectivity index (χ2n) is 3.63. The van der Waals surface area contributed by atoms with Crippen molar-refractivity contribution < 1.29 is 9.13 Å². The molecule has 0 aliphatic carbocycles. The molecule has 0 radical (unpaired) electrons. The van der Waals surface area contributed by atoms with Crippen molar-refractivity contribution in [2.24, 2.45) is 0 Å². The molecule has 0 fully saturated rings. The summed E-state index contributed by atoms with van der Waals surface area (Å²) < 4.78 is 19.7. The van der Waals surface area contributed by atoms with E-state index in [9.17, 15) is 4.39 Å². The average molecular weight is 306 g/mol. The summed E-state index contributed by atoms with van der Waals surface area (Å²) in [5, 5.41) is 8.90. The van der Waals surface area contributed by atoms with Gasteiger partial charge in [0.25, 0.3) is 0 Å². The molecular weight excluding hydrogens is 297 g/mol. The van der Waals surface area contributed by atoms with E-state index < -0.39 is 0 Å². The summed E-state index contributed by atoms with van der Waals surface area (Å²) in [6, 6.07) is 13.6. The van der Waals surface area contributed by atoms with Crippen LogP contribution in [-0.4, -0.2) is 0 Å². The number of nitriles is 1. The van der Waals surface area contributed by atoms with Crippen LogP contribution in [-0.2, 0) is 6.61 Å². The first kappa shape index (κ1) is 12.6. The fraction of sp³-hybridized carbons (Fsp3) is 0.0714. The fourth-order valence-electron chi connectivity index (χ4n) is 1.49. The summed E-state index contributed by atoms with van der Waals surface area (Å²) >= 11 is 3.28. The topological polar surface area (TPSA) is 33.0 Å². The smallest absolute Gasteiger partial charge is 0.137 e. The van der Waals surface area contributed by atoms with Gasteiger partial charge in [0.15, 0.2) is 0 Å². The van der Waals surface area contributed by atoms with Crippen molar-refractivity contribution in [3.8, 4) is 11.8 Å². The molecule has 2 nitrogen and oxygen atoms in total. The number of ether oxygens (including phenoxy) is 1. The van der Waals surface area contributed by atoms with Crippen LogP contribution in [0.25, 0.3) is 0 Å². The molecule has 0 saturated heterocycles. The molecule has 0 unspecified atom stereocenters. The SMILES string of the molecule is N#Cc1ccccc1OCc1cc(Br)ccc1F. The summed E-state index contributed by atoms with van der Waals surface area (Å²) in [6.07, 6.45) is 0. The molecule has 0 aliphatic heterocycles. The van der Waals surface area contributed by atoms with Crippen LogP contribution in [0.4, 0.5) is 4.39 Å². The minimum absolute atomic E-state index is 0.0873. The van der Waals surface area contributed by atoms with E-state index in [0.717, 1.165) is 4.47 Å². The predicted molar refractivity (Wildman–Crippen MR) is 69.6 cm³/mol. The minimum Gasteiger partial charge on any atom is -0.487 e. The van der Waals surface area contributed by atoms with Crippen molar-refractivity contribution in [2.45, 2.75) is 6.61 Å². The van der Waals surface area contributed by atoms with E-state index in [-0.39, 0.29) is 12.4 Å².